The van der Waals surface area contributed by atoms with E-state index in [-0.39, 0.29) is 31.6 Å². The molecule has 0 bridgehead atoms. The van der Waals surface area contributed by atoms with Crippen LogP contribution in [0.4, 0.5) is 0 Å². The molecule has 0 saturated heterocycles. The normalized spacial score (nSPS) is 10.1. The molecule has 104 valence electrons. The highest BCUT2D eigenvalue weighted by atomic mass is 16.5. The molecule has 1 heterocycles. The van der Waals surface area contributed by atoms with Crippen LogP contribution in [0.15, 0.2) is 30.3 Å². The van der Waals surface area contributed by atoms with Crippen LogP contribution < -0.4 is 4.74 Å². The van der Waals surface area contributed by atoms with Gasteiger partial charge in [-0.05, 0) is 0 Å². The Morgan fingerprint density at radius 3 is 2.75 bits per heavy atom. The molecule has 0 amide bonds. The van der Waals surface area contributed by atoms with Gasteiger partial charge in [-0.2, -0.15) is 4.98 Å². The zero-order valence-corrected chi connectivity index (χ0v) is 10.9. The first-order chi connectivity index (χ1) is 9.70. The summed E-state index contributed by atoms with van der Waals surface area (Å²) in [5.41, 5.74) is 0.800. The lowest BCUT2D eigenvalue weighted by atomic mass is 10.2. The summed E-state index contributed by atoms with van der Waals surface area (Å²) in [7, 11) is 0. The van der Waals surface area contributed by atoms with E-state index >= 15 is 0 Å². The molecular formula is C13H13N3O4. The number of hydrogen-bond acceptors (Lipinski definition) is 6. The summed E-state index contributed by atoms with van der Waals surface area (Å²) in [6.07, 6.45) is 0. The van der Waals surface area contributed by atoms with Gasteiger partial charge < -0.3 is 9.47 Å². The lowest BCUT2D eigenvalue weighted by molar-refractivity contribution is -0.141. The van der Waals surface area contributed by atoms with Crippen molar-refractivity contribution in [1.82, 2.24) is 14.8 Å². The molecule has 2 aromatic rings. The summed E-state index contributed by atoms with van der Waals surface area (Å²) in [5.74, 6) is 0.0523. The van der Waals surface area contributed by atoms with Crippen molar-refractivity contribution in [2.75, 3.05) is 6.61 Å². The summed E-state index contributed by atoms with van der Waals surface area (Å²) in [5, 5.41) is 4.23. The van der Waals surface area contributed by atoms with Crippen LogP contribution >= 0.6 is 0 Å². The van der Waals surface area contributed by atoms with E-state index in [1.807, 2.05) is 30.3 Å². The van der Waals surface area contributed by atoms with Gasteiger partial charge in [-0.1, -0.05) is 30.3 Å². The second kappa shape index (κ2) is 6.46. The molecule has 0 radical (unpaired) electrons. The molecule has 0 aliphatic rings. The monoisotopic (exact) mass is 275 g/mol. The molecule has 0 spiro atoms. The Morgan fingerprint density at radius 2 is 2.10 bits per heavy atom. The van der Waals surface area contributed by atoms with Gasteiger partial charge in [0.15, 0.2) is 5.82 Å². The maximum atomic E-state index is 10.7. The zero-order valence-electron chi connectivity index (χ0n) is 10.9. The Kier molecular flexibility index (Phi) is 4.43. The Bertz CT molecular complexity index is 595. The van der Waals surface area contributed by atoms with Gasteiger partial charge >= 0.3 is 18.5 Å². The highest BCUT2D eigenvalue weighted by Gasteiger charge is 2.12. The van der Waals surface area contributed by atoms with Crippen LogP contribution in [-0.2, 0) is 20.9 Å². The highest BCUT2D eigenvalue weighted by Crippen LogP contribution is 2.18. The van der Waals surface area contributed by atoms with E-state index in [0.717, 1.165) is 5.56 Å². The molecule has 1 aromatic carbocycles. The SMILES string of the molecule is CC(=O)OCCn1nc(-c2ccccc2)nc1OC=O. The van der Waals surface area contributed by atoms with Crippen molar-refractivity contribution in [1.29, 1.82) is 0 Å². The summed E-state index contributed by atoms with van der Waals surface area (Å²) in [6, 6.07) is 9.34. The van der Waals surface area contributed by atoms with E-state index in [1.54, 1.807) is 0 Å². The number of benzene rings is 1. The predicted molar refractivity (Wildman–Crippen MR) is 68.8 cm³/mol. The topological polar surface area (TPSA) is 83.3 Å². The maximum absolute atomic E-state index is 10.7. The third kappa shape index (κ3) is 3.41. The van der Waals surface area contributed by atoms with Gasteiger partial charge in [0, 0.05) is 12.5 Å². The lowest BCUT2D eigenvalue weighted by Crippen LogP contribution is -2.11. The number of rotatable bonds is 6. The second-order valence-corrected chi connectivity index (χ2v) is 3.86. The lowest BCUT2D eigenvalue weighted by Gasteiger charge is -2.03. The van der Waals surface area contributed by atoms with Gasteiger partial charge in [0.2, 0.25) is 0 Å². The van der Waals surface area contributed by atoms with Crippen molar-refractivity contribution < 1.29 is 19.1 Å². The first-order valence-electron chi connectivity index (χ1n) is 5.94. The second-order valence-electron chi connectivity index (χ2n) is 3.86. The van der Waals surface area contributed by atoms with Crippen molar-refractivity contribution in [2.45, 2.75) is 13.5 Å². The van der Waals surface area contributed by atoms with Crippen LogP contribution in [0.1, 0.15) is 6.92 Å². The Morgan fingerprint density at radius 1 is 1.35 bits per heavy atom. The van der Waals surface area contributed by atoms with Gasteiger partial charge in [0.1, 0.15) is 6.61 Å². The molecule has 0 N–H and O–H groups in total. The molecule has 0 atom stereocenters. The van der Waals surface area contributed by atoms with Crippen LogP contribution in [0.25, 0.3) is 11.4 Å². The average molecular weight is 275 g/mol. The van der Waals surface area contributed by atoms with Crippen molar-refractivity contribution in [3.63, 3.8) is 0 Å². The van der Waals surface area contributed by atoms with Crippen LogP contribution in [-0.4, -0.2) is 33.8 Å². The number of carbonyl (C=O) groups excluding carboxylic acids is 2. The van der Waals surface area contributed by atoms with E-state index in [4.69, 9.17) is 9.47 Å². The number of ether oxygens (including phenoxy) is 2. The van der Waals surface area contributed by atoms with Crippen LogP contribution in [0.3, 0.4) is 0 Å². The molecular weight excluding hydrogens is 262 g/mol. The number of carbonyl (C=O) groups is 2. The number of nitrogens with zero attached hydrogens (tertiary/aromatic N) is 3. The minimum Gasteiger partial charge on any atom is -0.464 e. The quantitative estimate of drug-likeness (QED) is 0.578. The fourth-order valence-corrected chi connectivity index (χ4v) is 1.59. The molecule has 7 nitrogen and oxygen atoms in total. The number of esters is 1. The van der Waals surface area contributed by atoms with Gasteiger partial charge in [-0.3, -0.25) is 9.59 Å². The van der Waals surface area contributed by atoms with E-state index in [2.05, 4.69) is 10.1 Å². The van der Waals surface area contributed by atoms with E-state index < -0.39 is 0 Å². The molecule has 1 aromatic heterocycles. The molecule has 0 fully saturated rings. The summed E-state index contributed by atoms with van der Waals surface area (Å²) >= 11 is 0. The Hall–Kier alpha value is -2.70. The van der Waals surface area contributed by atoms with E-state index in [0.29, 0.717) is 5.82 Å². The van der Waals surface area contributed by atoms with Gasteiger partial charge in [-0.25, -0.2) is 4.68 Å². The smallest absolute Gasteiger partial charge is 0.323 e. The minimum atomic E-state index is -0.383. The van der Waals surface area contributed by atoms with Crippen LogP contribution in [0.2, 0.25) is 0 Å². The number of aromatic nitrogens is 3. The van der Waals surface area contributed by atoms with Crippen molar-refractivity contribution in [2.24, 2.45) is 0 Å². The molecule has 20 heavy (non-hydrogen) atoms. The molecule has 7 heteroatoms. The first kappa shape index (κ1) is 13.7. The van der Waals surface area contributed by atoms with Crippen molar-refractivity contribution in [3.05, 3.63) is 30.3 Å². The molecule has 0 unspecified atom stereocenters. The maximum Gasteiger partial charge on any atom is 0.323 e. The predicted octanol–water partition coefficient (Wildman–Crippen LogP) is 1.04. The molecule has 2 rings (SSSR count). The minimum absolute atomic E-state index is 0.0611. The van der Waals surface area contributed by atoms with Gasteiger partial charge in [-0.15, -0.1) is 5.10 Å². The third-order valence-corrected chi connectivity index (χ3v) is 2.43. The standard InChI is InChI=1S/C13H13N3O4/c1-10(18)19-8-7-16-13(20-9-17)14-12(15-16)11-5-3-2-4-6-11/h2-6,9H,7-8H2,1H3. The first-order valence-corrected chi connectivity index (χ1v) is 5.94. The molecule has 0 aliphatic heterocycles. The van der Waals surface area contributed by atoms with E-state index in [9.17, 15) is 9.59 Å². The van der Waals surface area contributed by atoms with Gasteiger partial charge in [0.25, 0.3) is 0 Å². The molecule has 0 saturated carbocycles. The van der Waals surface area contributed by atoms with E-state index in [1.165, 1.54) is 11.6 Å². The summed E-state index contributed by atoms with van der Waals surface area (Å²) < 4.78 is 11.0. The third-order valence-electron chi connectivity index (χ3n) is 2.43. The largest absolute Gasteiger partial charge is 0.464 e. The summed E-state index contributed by atoms with van der Waals surface area (Å²) in [6.45, 7) is 1.98. The Balaban J connectivity index is 2.19. The van der Waals surface area contributed by atoms with Crippen molar-refractivity contribution >= 4 is 12.4 Å². The average Bonchev–Trinajstić information content (AvgIpc) is 2.83. The van der Waals surface area contributed by atoms with Crippen LogP contribution in [0, 0.1) is 0 Å². The van der Waals surface area contributed by atoms with Crippen molar-refractivity contribution in [3.8, 4) is 17.4 Å². The summed E-state index contributed by atoms with van der Waals surface area (Å²) in [4.78, 5) is 25.3. The van der Waals surface area contributed by atoms with Gasteiger partial charge in [0.05, 0.1) is 6.54 Å². The fraction of sp³-hybridized carbons (Fsp3) is 0.231. The fourth-order valence-electron chi connectivity index (χ4n) is 1.59. The highest BCUT2D eigenvalue weighted by molar-refractivity contribution is 5.65. The number of hydrogen-bond donors (Lipinski definition) is 0. The molecule has 0 aliphatic carbocycles. The van der Waals surface area contributed by atoms with Crippen LogP contribution in [0.5, 0.6) is 6.01 Å². The zero-order chi connectivity index (χ0) is 14.4. The Labute approximate surface area is 115 Å².